The second-order valence-electron chi connectivity index (χ2n) is 5.30. The van der Waals surface area contributed by atoms with E-state index in [1.807, 2.05) is 0 Å². The fraction of sp³-hybridized carbons (Fsp3) is 0.222. The standard InChI is InChI=1S/C18H18FNO4/c1-12(2)24-18(22)13-7-9-14(10-8-13)20-17(21)11-23-16-6-4-3-5-15(16)19/h3-10,12H,11H2,1-2H3,(H,20,21). The normalized spacial score (nSPS) is 10.3. The van der Waals surface area contributed by atoms with Crippen molar-refractivity contribution in [2.75, 3.05) is 11.9 Å². The molecule has 1 N–H and O–H groups in total. The van der Waals surface area contributed by atoms with E-state index in [0.717, 1.165) is 0 Å². The summed E-state index contributed by atoms with van der Waals surface area (Å²) in [6.45, 7) is 3.21. The Kier molecular flexibility index (Phi) is 5.89. The molecule has 126 valence electrons. The maximum atomic E-state index is 13.4. The summed E-state index contributed by atoms with van der Waals surface area (Å²) in [4.78, 5) is 23.5. The molecule has 0 fully saturated rings. The molecule has 0 heterocycles. The van der Waals surface area contributed by atoms with E-state index in [-0.39, 0.29) is 18.5 Å². The number of ether oxygens (including phenoxy) is 2. The monoisotopic (exact) mass is 331 g/mol. The number of para-hydroxylation sites is 1. The number of hydrogen-bond acceptors (Lipinski definition) is 4. The van der Waals surface area contributed by atoms with Crippen molar-refractivity contribution >= 4 is 17.6 Å². The number of anilines is 1. The average Bonchev–Trinajstić information content (AvgIpc) is 2.54. The van der Waals surface area contributed by atoms with Gasteiger partial charge < -0.3 is 14.8 Å². The first-order chi connectivity index (χ1) is 11.5. The van der Waals surface area contributed by atoms with Crippen molar-refractivity contribution < 1.29 is 23.5 Å². The van der Waals surface area contributed by atoms with E-state index in [1.165, 1.54) is 18.2 Å². The van der Waals surface area contributed by atoms with Crippen LogP contribution >= 0.6 is 0 Å². The van der Waals surface area contributed by atoms with Gasteiger partial charge in [-0.3, -0.25) is 4.79 Å². The number of carbonyl (C=O) groups excluding carboxylic acids is 2. The van der Waals surface area contributed by atoms with Gasteiger partial charge in [0, 0.05) is 5.69 Å². The zero-order valence-corrected chi connectivity index (χ0v) is 13.4. The molecule has 0 saturated carbocycles. The molecule has 2 aromatic rings. The molecule has 0 saturated heterocycles. The molecule has 1 amide bonds. The second kappa shape index (κ2) is 8.10. The van der Waals surface area contributed by atoms with Crippen molar-refractivity contribution in [2.45, 2.75) is 20.0 Å². The van der Waals surface area contributed by atoms with E-state index in [4.69, 9.17) is 9.47 Å². The third-order valence-corrected chi connectivity index (χ3v) is 2.94. The number of hydrogen-bond donors (Lipinski definition) is 1. The maximum Gasteiger partial charge on any atom is 0.338 e. The molecule has 0 aliphatic rings. The summed E-state index contributed by atoms with van der Waals surface area (Å²) in [5.74, 6) is -1.38. The first-order valence-corrected chi connectivity index (χ1v) is 7.44. The Morgan fingerprint density at radius 1 is 1.08 bits per heavy atom. The van der Waals surface area contributed by atoms with Crippen molar-refractivity contribution in [1.29, 1.82) is 0 Å². The molecule has 24 heavy (non-hydrogen) atoms. The number of nitrogens with one attached hydrogen (secondary N) is 1. The lowest BCUT2D eigenvalue weighted by molar-refractivity contribution is -0.118. The summed E-state index contributed by atoms with van der Waals surface area (Å²) >= 11 is 0. The van der Waals surface area contributed by atoms with Crippen LogP contribution in [0.2, 0.25) is 0 Å². The first kappa shape index (κ1) is 17.5. The van der Waals surface area contributed by atoms with Crippen LogP contribution in [0.4, 0.5) is 10.1 Å². The summed E-state index contributed by atoms with van der Waals surface area (Å²) < 4.78 is 23.6. The topological polar surface area (TPSA) is 64.6 Å². The molecular formula is C18H18FNO4. The van der Waals surface area contributed by atoms with Gasteiger partial charge in [0.1, 0.15) is 0 Å². The number of halogens is 1. The lowest BCUT2D eigenvalue weighted by Crippen LogP contribution is -2.20. The van der Waals surface area contributed by atoms with Crippen LogP contribution in [0.15, 0.2) is 48.5 Å². The number of carbonyl (C=O) groups is 2. The zero-order valence-electron chi connectivity index (χ0n) is 13.4. The molecule has 0 aliphatic carbocycles. The zero-order chi connectivity index (χ0) is 17.5. The summed E-state index contributed by atoms with van der Waals surface area (Å²) in [5, 5.41) is 2.60. The van der Waals surface area contributed by atoms with Crippen LogP contribution < -0.4 is 10.1 Å². The van der Waals surface area contributed by atoms with Crippen LogP contribution in [0.25, 0.3) is 0 Å². The highest BCUT2D eigenvalue weighted by Gasteiger charge is 2.10. The van der Waals surface area contributed by atoms with Crippen molar-refractivity contribution in [3.8, 4) is 5.75 Å². The van der Waals surface area contributed by atoms with E-state index in [0.29, 0.717) is 11.3 Å². The molecule has 0 aromatic heterocycles. The molecule has 0 spiro atoms. The molecule has 0 atom stereocenters. The highest BCUT2D eigenvalue weighted by molar-refractivity contribution is 5.93. The smallest absolute Gasteiger partial charge is 0.338 e. The van der Waals surface area contributed by atoms with E-state index in [1.54, 1.807) is 44.2 Å². The van der Waals surface area contributed by atoms with Crippen LogP contribution in [-0.4, -0.2) is 24.6 Å². The van der Waals surface area contributed by atoms with Gasteiger partial charge in [0.15, 0.2) is 18.2 Å². The van der Waals surface area contributed by atoms with Crippen LogP contribution in [0, 0.1) is 5.82 Å². The summed E-state index contributed by atoms with van der Waals surface area (Å²) in [6.07, 6.45) is -0.201. The van der Waals surface area contributed by atoms with Gasteiger partial charge in [-0.1, -0.05) is 12.1 Å². The average molecular weight is 331 g/mol. The van der Waals surface area contributed by atoms with Gasteiger partial charge >= 0.3 is 5.97 Å². The van der Waals surface area contributed by atoms with E-state index in [9.17, 15) is 14.0 Å². The summed E-state index contributed by atoms with van der Waals surface area (Å²) in [7, 11) is 0. The van der Waals surface area contributed by atoms with Gasteiger partial charge in [0.05, 0.1) is 11.7 Å². The van der Waals surface area contributed by atoms with E-state index >= 15 is 0 Å². The molecule has 0 bridgehead atoms. The third-order valence-electron chi connectivity index (χ3n) is 2.94. The highest BCUT2D eigenvalue weighted by atomic mass is 19.1. The Morgan fingerprint density at radius 2 is 1.75 bits per heavy atom. The predicted octanol–water partition coefficient (Wildman–Crippen LogP) is 3.41. The van der Waals surface area contributed by atoms with Crippen molar-refractivity contribution in [2.24, 2.45) is 0 Å². The first-order valence-electron chi connectivity index (χ1n) is 7.44. The molecule has 0 radical (unpaired) electrons. The SMILES string of the molecule is CC(C)OC(=O)c1ccc(NC(=O)COc2ccccc2F)cc1. The number of benzene rings is 2. The van der Waals surface area contributed by atoms with Gasteiger partial charge in [0.25, 0.3) is 5.91 Å². The largest absolute Gasteiger partial charge is 0.481 e. The van der Waals surface area contributed by atoms with Crippen LogP contribution in [0.3, 0.4) is 0 Å². The Morgan fingerprint density at radius 3 is 2.38 bits per heavy atom. The van der Waals surface area contributed by atoms with Crippen molar-refractivity contribution in [3.05, 3.63) is 59.9 Å². The number of esters is 1. The molecule has 0 unspecified atom stereocenters. The summed E-state index contributed by atoms with van der Waals surface area (Å²) in [5.41, 5.74) is 0.891. The van der Waals surface area contributed by atoms with E-state index < -0.39 is 17.7 Å². The minimum atomic E-state index is -0.529. The lowest BCUT2D eigenvalue weighted by Gasteiger charge is -2.10. The van der Waals surface area contributed by atoms with Crippen molar-refractivity contribution in [3.63, 3.8) is 0 Å². The highest BCUT2D eigenvalue weighted by Crippen LogP contribution is 2.15. The lowest BCUT2D eigenvalue weighted by atomic mass is 10.2. The van der Waals surface area contributed by atoms with Crippen LogP contribution in [0.5, 0.6) is 5.75 Å². The maximum absolute atomic E-state index is 13.4. The fourth-order valence-corrected chi connectivity index (χ4v) is 1.87. The van der Waals surface area contributed by atoms with Gasteiger partial charge in [-0.25, -0.2) is 9.18 Å². The van der Waals surface area contributed by atoms with Gasteiger partial charge in [-0.15, -0.1) is 0 Å². The Bertz CT molecular complexity index is 713. The number of amides is 1. The van der Waals surface area contributed by atoms with Crippen molar-refractivity contribution in [1.82, 2.24) is 0 Å². The Hall–Kier alpha value is -2.89. The predicted molar refractivity (Wildman–Crippen MR) is 87.5 cm³/mol. The quantitative estimate of drug-likeness (QED) is 0.824. The minimum Gasteiger partial charge on any atom is -0.481 e. The molecule has 2 rings (SSSR count). The Balaban J connectivity index is 1.88. The molecule has 6 heteroatoms. The van der Waals surface area contributed by atoms with Crippen LogP contribution in [-0.2, 0) is 9.53 Å². The third kappa shape index (κ3) is 5.08. The Labute approximate surface area is 139 Å². The van der Waals surface area contributed by atoms with Crippen LogP contribution in [0.1, 0.15) is 24.2 Å². The fourth-order valence-electron chi connectivity index (χ4n) is 1.87. The molecule has 5 nitrogen and oxygen atoms in total. The van der Waals surface area contributed by atoms with Gasteiger partial charge in [-0.2, -0.15) is 0 Å². The molecule has 2 aromatic carbocycles. The molecule has 0 aliphatic heterocycles. The second-order valence-corrected chi connectivity index (χ2v) is 5.30. The van der Waals surface area contributed by atoms with Gasteiger partial charge in [0.2, 0.25) is 0 Å². The van der Waals surface area contributed by atoms with E-state index in [2.05, 4.69) is 5.32 Å². The molecular weight excluding hydrogens is 313 g/mol. The van der Waals surface area contributed by atoms with Gasteiger partial charge in [-0.05, 0) is 50.2 Å². The minimum absolute atomic E-state index is 0.0134. The number of rotatable bonds is 6. The summed E-state index contributed by atoms with van der Waals surface area (Å²) in [6, 6.07) is 12.1.